The van der Waals surface area contributed by atoms with Crippen LogP contribution < -0.4 is 5.32 Å². The van der Waals surface area contributed by atoms with Crippen molar-refractivity contribution >= 4 is 35.0 Å². The van der Waals surface area contributed by atoms with Gasteiger partial charge in [0.15, 0.2) is 0 Å². The first-order valence-electron chi connectivity index (χ1n) is 5.65. The molecule has 0 fully saturated rings. The predicted molar refractivity (Wildman–Crippen MR) is 74.4 cm³/mol. The SMILES string of the molecule is CNC(=O)C(C)CN(C)C(=O)c1cc(Cl)ncc1Cl. The summed E-state index contributed by atoms with van der Waals surface area (Å²) in [5.41, 5.74) is 0.272. The zero-order valence-electron chi connectivity index (χ0n) is 10.9. The van der Waals surface area contributed by atoms with Crippen LogP contribution in [0, 0.1) is 5.92 Å². The number of aromatic nitrogens is 1. The molecule has 1 aromatic heterocycles. The molecule has 1 N–H and O–H groups in total. The highest BCUT2D eigenvalue weighted by Crippen LogP contribution is 2.19. The Morgan fingerprint density at radius 1 is 1.47 bits per heavy atom. The van der Waals surface area contributed by atoms with E-state index < -0.39 is 0 Å². The predicted octanol–water partition coefficient (Wildman–Crippen LogP) is 1.84. The van der Waals surface area contributed by atoms with Gasteiger partial charge in [0, 0.05) is 26.8 Å². The second-order valence-corrected chi connectivity index (χ2v) is 4.98. The molecule has 1 atom stereocenters. The van der Waals surface area contributed by atoms with Crippen LogP contribution in [0.2, 0.25) is 10.2 Å². The molecule has 19 heavy (non-hydrogen) atoms. The molecule has 0 aliphatic carbocycles. The lowest BCUT2D eigenvalue weighted by molar-refractivity contribution is -0.124. The van der Waals surface area contributed by atoms with Gasteiger partial charge in [0.1, 0.15) is 5.15 Å². The van der Waals surface area contributed by atoms with Crippen molar-refractivity contribution in [1.82, 2.24) is 15.2 Å². The van der Waals surface area contributed by atoms with Gasteiger partial charge in [-0.25, -0.2) is 4.98 Å². The maximum Gasteiger partial charge on any atom is 0.255 e. The molecule has 0 bridgehead atoms. The fourth-order valence-corrected chi connectivity index (χ4v) is 1.95. The van der Waals surface area contributed by atoms with E-state index in [1.54, 1.807) is 21.0 Å². The summed E-state index contributed by atoms with van der Waals surface area (Å²) in [5.74, 6) is -0.737. The van der Waals surface area contributed by atoms with E-state index in [0.29, 0.717) is 0 Å². The monoisotopic (exact) mass is 303 g/mol. The van der Waals surface area contributed by atoms with Gasteiger partial charge in [0.25, 0.3) is 5.91 Å². The van der Waals surface area contributed by atoms with Crippen LogP contribution in [0.3, 0.4) is 0 Å². The maximum atomic E-state index is 12.2. The van der Waals surface area contributed by atoms with Gasteiger partial charge in [-0.2, -0.15) is 0 Å². The highest BCUT2D eigenvalue weighted by atomic mass is 35.5. The molecule has 0 aromatic carbocycles. The van der Waals surface area contributed by atoms with Crippen molar-refractivity contribution in [2.75, 3.05) is 20.6 Å². The Bertz CT molecular complexity index is 494. The summed E-state index contributed by atoms with van der Waals surface area (Å²) >= 11 is 11.7. The summed E-state index contributed by atoms with van der Waals surface area (Å²) in [6, 6.07) is 1.41. The quantitative estimate of drug-likeness (QED) is 0.863. The Morgan fingerprint density at radius 3 is 2.68 bits per heavy atom. The number of hydrogen-bond donors (Lipinski definition) is 1. The molecule has 1 heterocycles. The first kappa shape index (κ1) is 15.7. The number of pyridine rings is 1. The number of hydrogen-bond acceptors (Lipinski definition) is 3. The van der Waals surface area contributed by atoms with Crippen LogP contribution in [0.1, 0.15) is 17.3 Å². The molecular weight excluding hydrogens is 289 g/mol. The van der Waals surface area contributed by atoms with Crippen LogP contribution >= 0.6 is 23.2 Å². The number of amides is 2. The van der Waals surface area contributed by atoms with Gasteiger partial charge in [-0.3, -0.25) is 9.59 Å². The van der Waals surface area contributed by atoms with E-state index >= 15 is 0 Å². The molecule has 1 unspecified atom stereocenters. The molecule has 0 saturated heterocycles. The van der Waals surface area contributed by atoms with Crippen molar-refractivity contribution in [3.8, 4) is 0 Å². The minimum atomic E-state index is -0.310. The Morgan fingerprint density at radius 2 is 2.11 bits per heavy atom. The van der Waals surface area contributed by atoms with E-state index in [1.807, 2.05) is 0 Å². The lowest BCUT2D eigenvalue weighted by Crippen LogP contribution is -2.37. The van der Waals surface area contributed by atoms with E-state index in [-0.39, 0.29) is 40.0 Å². The van der Waals surface area contributed by atoms with Crippen molar-refractivity contribution in [1.29, 1.82) is 0 Å². The molecule has 0 aliphatic heterocycles. The van der Waals surface area contributed by atoms with Gasteiger partial charge in [-0.1, -0.05) is 30.1 Å². The second kappa shape index (κ2) is 6.73. The average Bonchev–Trinajstić information content (AvgIpc) is 2.39. The molecule has 0 aliphatic rings. The van der Waals surface area contributed by atoms with Crippen molar-refractivity contribution in [2.24, 2.45) is 5.92 Å². The summed E-state index contributed by atoms with van der Waals surface area (Å²) in [4.78, 5) is 28.8. The van der Waals surface area contributed by atoms with E-state index in [1.165, 1.54) is 17.2 Å². The topological polar surface area (TPSA) is 62.3 Å². The average molecular weight is 304 g/mol. The molecule has 0 spiro atoms. The van der Waals surface area contributed by atoms with Crippen LogP contribution in [-0.2, 0) is 4.79 Å². The van der Waals surface area contributed by atoms with Crippen LogP contribution in [0.4, 0.5) is 0 Å². The van der Waals surface area contributed by atoms with E-state index in [2.05, 4.69) is 10.3 Å². The third-order valence-corrected chi connectivity index (χ3v) is 3.15. The van der Waals surface area contributed by atoms with Crippen LogP contribution in [0.25, 0.3) is 0 Å². The molecule has 0 radical (unpaired) electrons. The fourth-order valence-electron chi connectivity index (χ4n) is 1.61. The first-order valence-corrected chi connectivity index (χ1v) is 6.40. The smallest absolute Gasteiger partial charge is 0.255 e. The number of carbonyl (C=O) groups excluding carboxylic acids is 2. The third kappa shape index (κ3) is 4.08. The molecule has 0 saturated carbocycles. The largest absolute Gasteiger partial charge is 0.359 e. The van der Waals surface area contributed by atoms with Gasteiger partial charge < -0.3 is 10.2 Å². The summed E-state index contributed by atoms with van der Waals surface area (Å²) in [7, 11) is 3.16. The Hall–Kier alpha value is -1.33. The van der Waals surface area contributed by atoms with Crippen molar-refractivity contribution in [3.05, 3.63) is 28.0 Å². The van der Waals surface area contributed by atoms with Gasteiger partial charge in [-0.05, 0) is 6.07 Å². The summed E-state index contributed by atoms with van der Waals surface area (Å²) < 4.78 is 0. The molecule has 5 nitrogen and oxygen atoms in total. The maximum absolute atomic E-state index is 12.2. The van der Waals surface area contributed by atoms with Crippen molar-refractivity contribution in [3.63, 3.8) is 0 Å². The van der Waals surface area contributed by atoms with Crippen molar-refractivity contribution < 1.29 is 9.59 Å². The standard InChI is InChI=1S/C12H15Cl2N3O2/c1-7(11(18)15-2)6-17(3)12(19)8-4-10(14)16-5-9(8)13/h4-5,7H,6H2,1-3H3,(H,15,18). The normalized spacial score (nSPS) is 11.8. The Balaban J connectivity index is 2.82. The second-order valence-electron chi connectivity index (χ2n) is 4.19. The molecule has 7 heteroatoms. The summed E-state index contributed by atoms with van der Waals surface area (Å²) in [6.45, 7) is 2.03. The summed E-state index contributed by atoms with van der Waals surface area (Å²) in [5, 5.41) is 2.96. The molecule has 1 aromatic rings. The highest BCUT2D eigenvalue weighted by molar-refractivity contribution is 6.35. The minimum absolute atomic E-state index is 0.126. The van der Waals surface area contributed by atoms with E-state index in [9.17, 15) is 9.59 Å². The zero-order chi connectivity index (χ0) is 14.6. The minimum Gasteiger partial charge on any atom is -0.359 e. The van der Waals surface area contributed by atoms with E-state index in [4.69, 9.17) is 23.2 Å². The van der Waals surface area contributed by atoms with Gasteiger partial charge in [-0.15, -0.1) is 0 Å². The number of nitrogens with zero attached hydrogens (tertiary/aromatic N) is 2. The molecule has 2 amide bonds. The first-order chi connectivity index (χ1) is 8.86. The van der Waals surface area contributed by atoms with Gasteiger partial charge in [0.2, 0.25) is 5.91 Å². The Kier molecular flexibility index (Phi) is 5.57. The fraction of sp³-hybridized carbons (Fsp3) is 0.417. The van der Waals surface area contributed by atoms with E-state index in [0.717, 1.165) is 0 Å². The van der Waals surface area contributed by atoms with Crippen molar-refractivity contribution in [2.45, 2.75) is 6.92 Å². The number of nitrogens with one attached hydrogen (secondary N) is 1. The molecule has 1 rings (SSSR count). The zero-order valence-corrected chi connectivity index (χ0v) is 12.4. The Labute approximate surface area is 121 Å². The van der Waals surface area contributed by atoms with Crippen LogP contribution in [0.5, 0.6) is 0 Å². The van der Waals surface area contributed by atoms with Crippen LogP contribution in [0.15, 0.2) is 12.3 Å². The molecule has 104 valence electrons. The number of rotatable bonds is 4. The molecular formula is C12H15Cl2N3O2. The number of carbonyl (C=O) groups is 2. The van der Waals surface area contributed by atoms with Gasteiger partial charge in [0.05, 0.1) is 16.5 Å². The van der Waals surface area contributed by atoms with Gasteiger partial charge >= 0.3 is 0 Å². The third-order valence-electron chi connectivity index (χ3n) is 2.64. The lowest BCUT2D eigenvalue weighted by Gasteiger charge is -2.21. The van der Waals surface area contributed by atoms with Crippen LogP contribution in [-0.4, -0.2) is 42.3 Å². The highest BCUT2D eigenvalue weighted by Gasteiger charge is 2.20. The summed E-state index contributed by atoms with van der Waals surface area (Å²) in [6.07, 6.45) is 1.33. The lowest BCUT2D eigenvalue weighted by atomic mass is 10.1. The number of halogens is 2.